The number of nitrogens with zero attached hydrogens (tertiary/aromatic N) is 3. The predicted octanol–water partition coefficient (Wildman–Crippen LogP) is 2.40. The number of pyridine rings is 2. The summed E-state index contributed by atoms with van der Waals surface area (Å²) in [5.41, 5.74) is 1.29. The molecule has 3 rings (SSSR count). The molecule has 0 aliphatic carbocycles. The predicted molar refractivity (Wildman–Crippen MR) is 85.7 cm³/mol. The van der Waals surface area contributed by atoms with Gasteiger partial charge in [0.05, 0.1) is 12.2 Å². The summed E-state index contributed by atoms with van der Waals surface area (Å²) in [4.78, 5) is 23.2. The van der Waals surface area contributed by atoms with E-state index in [9.17, 15) is 4.79 Å². The zero-order valence-electron chi connectivity index (χ0n) is 12.5. The van der Waals surface area contributed by atoms with Crippen molar-refractivity contribution in [3.63, 3.8) is 0 Å². The molecule has 0 atom stereocenters. The molecule has 1 saturated heterocycles. The van der Waals surface area contributed by atoms with E-state index in [4.69, 9.17) is 0 Å². The lowest BCUT2D eigenvalue weighted by atomic mass is 10.1. The third kappa shape index (κ3) is 3.61. The average molecular weight is 296 g/mol. The fourth-order valence-electron chi connectivity index (χ4n) is 2.61. The van der Waals surface area contributed by atoms with Gasteiger partial charge in [-0.15, -0.1) is 0 Å². The zero-order valence-corrected chi connectivity index (χ0v) is 12.5. The molecular formula is C17H20N4O. The number of anilines is 1. The number of rotatable bonds is 4. The molecule has 1 aliphatic rings. The summed E-state index contributed by atoms with van der Waals surface area (Å²) in [6, 6.07) is 11.3. The molecule has 0 unspecified atom stereocenters. The van der Waals surface area contributed by atoms with Crippen molar-refractivity contribution in [1.29, 1.82) is 0 Å². The van der Waals surface area contributed by atoms with Crippen molar-refractivity contribution >= 4 is 11.7 Å². The van der Waals surface area contributed by atoms with Crippen LogP contribution in [0.4, 0.5) is 5.82 Å². The van der Waals surface area contributed by atoms with Gasteiger partial charge in [-0.05, 0) is 43.5 Å². The number of aromatic nitrogens is 2. The number of nitrogens with one attached hydrogen (secondary N) is 1. The van der Waals surface area contributed by atoms with Gasteiger partial charge >= 0.3 is 0 Å². The molecule has 22 heavy (non-hydrogen) atoms. The van der Waals surface area contributed by atoms with Crippen LogP contribution in [-0.4, -0.2) is 29.0 Å². The molecule has 2 aromatic rings. The fraction of sp³-hybridized carbons (Fsp3) is 0.353. The number of hydrogen-bond acceptors (Lipinski definition) is 4. The average Bonchev–Trinajstić information content (AvgIpc) is 2.61. The quantitative estimate of drug-likeness (QED) is 0.941. The van der Waals surface area contributed by atoms with Crippen molar-refractivity contribution < 1.29 is 4.79 Å². The molecule has 114 valence electrons. The van der Waals surface area contributed by atoms with Gasteiger partial charge in [0.1, 0.15) is 11.5 Å². The molecule has 2 aromatic heterocycles. The lowest BCUT2D eigenvalue weighted by Crippen LogP contribution is -2.31. The highest BCUT2D eigenvalue weighted by atomic mass is 16.1. The van der Waals surface area contributed by atoms with Gasteiger partial charge in [0, 0.05) is 19.3 Å². The molecular weight excluding hydrogens is 276 g/mol. The van der Waals surface area contributed by atoms with Crippen molar-refractivity contribution in [2.24, 2.45) is 0 Å². The zero-order chi connectivity index (χ0) is 15.2. The molecule has 1 amide bonds. The van der Waals surface area contributed by atoms with Crippen LogP contribution in [0.1, 0.15) is 35.4 Å². The Kier molecular flexibility index (Phi) is 4.63. The maximum Gasteiger partial charge on any atom is 0.270 e. The summed E-state index contributed by atoms with van der Waals surface area (Å²) >= 11 is 0. The number of hydrogen-bond donors (Lipinski definition) is 1. The number of amides is 1. The Balaban J connectivity index is 1.64. The van der Waals surface area contributed by atoms with E-state index in [-0.39, 0.29) is 5.91 Å². The van der Waals surface area contributed by atoms with Crippen LogP contribution in [0.5, 0.6) is 0 Å². The first-order valence-corrected chi connectivity index (χ1v) is 7.73. The van der Waals surface area contributed by atoms with Gasteiger partial charge in [-0.25, -0.2) is 4.98 Å². The Labute approximate surface area is 130 Å². The van der Waals surface area contributed by atoms with E-state index in [1.165, 1.54) is 19.3 Å². The topological polar surface area (TPSA) is 58.1 Å². The number of carbonyl (C=O) groups excluding carboxylic acids is 1. The fourth-order valence-corrected chi connectivity index (χ4v) is 2.61. The van der Waals surface area contributed by atoms with E-state index in [0.717, 1.165) is 24.6 Å². The first-order valence-electron chi connectivity index (χ1n) is 7.73. The van der Waals surface area contributed by atoms with Gasteiger partial charge in [0.2, 0.25) is 0 Å². The van der Waals surface area contributed by atoms with Crippen LogP contribution in [0, 0.1) is 0 Å². The minimum Gasteiger partial charge on any atom is -0.357 e. The first kappa shape index (κ1) is 14.5. The lowest BCUT2D eigenvalue weighted by molar-refractivity contribution is 0.0945. The van der Waals surface area contributed by atoms with E-state index >= 15 is 0 Å². The van der Waals surface area contributed by atoms with Gasteiger partial charge in [0.25, 0.3) is 5.91 Å². The van der Waals surface area contributed by atoms with Crippen LogP contribution >= 0.6 is 0 Å². The van der Waals surface area contributed by atoms with Gasteiger partial charge in [-0.3, -0.25) is 9.78 Å². The third-order valence-electron chi connectivity index (χ3n) is 3.80. The monoisotopic (exact) mass is 296 g/mol. The van der Waals surface area contributed by atoms with E-state index in [0.29, 0.717) is 12.2 Å². The Hall–Kier alpha value is -2.43. The molecule has 3 heterocycles. The molecule has 1 fully saturated rings. The van der Waals surface area contributed by atoms with Crippen LogP contribution in [0.2, 0.25) is 0 Å². The van der Waals surface area contributed by atoms with Crippen molar-refractivity contribution in [1.82, 2.24) is 15.3 Å². The minimum atomic E-state index is -0.162. The van der Waals surface area contributed by atoms with Crippen molar-refractivity contribution in [3.8, 4) is 0 Å². The second-order valence-corrected chi connectivity index (χ2v) is 5.43. The van der Waals surface area contributed by atoms with E-state index in [1.54, 1.807) is 12.3 Å². The third-order valence-corrected chi connectivity index (χ3v) is 3.80. The van der Waals surface area contributed by atoms with E-state index in [1.807, 2.05) is 30.3 Å². The SMILES string of the molecule is O=C(NCc1ccccn1)c1cccc(N2CCCCC2)n1. The van der Waals surface area contributed by atoms with Gasteiger partial charge in [0.15, 0.2) is 0 Å². The maximum atomic E-state index is 12.2. The van der Waals surface area contributed by atoms with E-state index < -0.39 is 0 Å². The standard InChI is InChI=1S/C17H20N4O/c22-17(19-13-14-7-2-3-10-18-14)15-8-6-9-16(20-15)21-11-4-1-5-12-21/h2-3,6-10H,1,4-5,11-13H2,(H,19,22). The largest absolute Gasteiger partial charge is 0.357 e. The summed E-state index contributed by atoms with van der Waals surface area (Å²) in [6.07, 6.45) is 5.38. The summed E-state index contributed by atoms with van der Waals surface area (Å²) in [6.45, 7) is 2.45. The van der Waals surface area contributed by atoms with Crippen LogP contribution in [-0.2, 0) is 6.54 Å². The summed E-state index contributed by atoms with van der Waals surface area (Å²) in [5.74, 6) is 0.731. The van der Waals surface area contributed by atoms with Crippen molar-refractivity contribution in [3.05, 3.63) is 54.0 Å². The van der Waals surface area contributed by atoms with Crippen molar-refractivity contribution in [2.75, 3.05) is 18.0 Å². The van der Waals surface area contributed by atoms with Gasteiger partial charge in [-0.2, -0.15) is 0 Å². The Morgan fingerprint density at radius 3 is 2.73 bits per heavy atom. The molecule has 5 nitrogen and oxygen atoms in total. The molecule has 0 aromatic carbocycles. The Morgan fingerprint density at radius 2 is 1.95 bits per heavy atom. The normalized spacial score (nSPS) is 14.6. The smallest absolute Gasteiger partial charge is 0.270 e. The minimum absolute atomic E-state index is 0.162. The van der Waals surface area contributed by atoms with Gasteiger partial charge in [-0.1, -0.05) is 12.1 Å². The second kappa shape index (κ2) is 7.02. The molecule has 0 spiro atoms. The summed E-state index contributed by atoms with van der Waals surface area (Å²) in [7, 11) is 0. The lowest BCUT2D eigenvalue weighted by Gasteiger charge is -2.27. The number of piperidine rings is 1. The second-order valence-electron chi connectivity index (χ2n) is 5.43. The summed E-state index contributed by atoms with van der Waals surface area (Å²) < 4.78 is 0. The van der Waals surface area contributed by atoms with E-state index in [2.05, 4.69) is 20.2 Å². The maximum absolute atomic E-state index is 12.2. The highest BCUT2D eigenvalue weighted by Crippen LogP contribution is 2.17. The van der Waals surface area contributed by atoms with Crippen LogP contribution < -0.4 is 10.2 Å². The summed E-state index contributed by atoms with van der Waals surface area (Å²) in [5, 5.41) is 2.86. The molecule has 0 saturated carbocycles. The number of carbonyl (C=O) groups is 1. The first-order chi connectivity index (χ1) is 10.8. The van der Waals surface area contributed by atoms with Crippen LogP contribution in [0.3, 0.4) is 0 Å². The van der Waals surface area contributed by atoms with Crippen molar-refractivity contribution in [2.45, 2.75) is 25.8 Å². The molecule has 5 heteroatoms. The molecule has 1 aliphatic heterocycles. The van der Waals surface area contributed by atoms with Crippen LogP contribution in [0.25, 0.3) is 0 Å². The molecule has 0 radical (unpaired) electrons. The van der Waals surface area contributed by atoms with Gasteiger partial charge < -0.3 is 10.2 Å². The molecule has 1 N–H and O–H groups in total. The Morgan fingerprint density at radius 1 is 1.09 bits per heavy atom. The van der Waals surface area contributed by atoms with Crippen LogP contribution in [0.15, 0.2) is 42.6 Å². The highest BCUT2D eigenvalue weighted by Gasteiger charge is 2.14. The Bertz CT molecular complexity index is 624. The highest BCUT2D eigenvalue weighted by molar-refractivity contribution is 5.92. The molecule has 0 bridgehead atoms.